The lowest BCUT2D eigenvalue weighted by Gasteiger charge is -2.38. The molecule has 2 bridgehead atoms. The van der Waals surface area contributed by atoms with Gasteiger partial charge in [0.05, 0.1) is 0 Å². The predicted molar refractivity (Wildman–Crippen MR) is 50.2 cm³/mol. The zero-order valence-electron chi connectivity index (χ0n) is 8.25. The lowest BCUT2D eigenvalue weighted by Crippen LogP contribution is -2.46. The van der Waals surface area contributed by atoms with Crippen LogP contribution in [0.5, 0.6) is 0 Å². The number of nitrogens with zero attached hydrogens (tertiary/aromatic N) is 1. The van der Waals surface area contributed by atoms with Crippen LogP contribution in [0.15, 0.2) is 0 Å². The number of amides is 1. The lowest BCUT2D eigenvalue weighted by molar-refractivity contribution is -0.134. The summed E-state index contributed by atoms with van der Waals surface area (Å²) in [6.45, 7) is 1.73. The van der Waals surface area contributed by atoms with Gasteiger partial charge in [-0.2, -0.15) is 0 Å². The molecule has 2 saturated heterocycles. The first-order valence-corrected chi connectivity index (χ1v) is 5.49. The van der Waals surface area contributed by atoms with Gasteiger partial charge in [0.15, 0.2) is 0 Å². The maximum Gasteiger partial charge on any atom is 0.219 e. The molecule has 72 valence electrons. The number of hydrogen-bond acceptors (Lipinski definition) is 1. The van der Waals surface area contributed by atoms with E-state index in [2.05, 4.69) is 4.90 Å². The van der Waals surface area contributed by atoms with Crippen LogP contribution in [0.3, 0.4) is 0 Å². The molecular formula is C11H17NO. The van der Waals surface area contributed by atoms with Crippen molar-refractivity contribution >= 4 is 5.91 Å². The molecule has 3 fully saturated rings. The summed E-state index contributed by atoms with van der Waals surface area (Å²) in [5.41, 5.74) is 0.706. The third-order valence-corrected chi connectivity index (χ3v) is 4.28. The molecule has 0 aromatic rings. The number of hydrogen-bond donors (Lipinski definition) is 0. The number of carbonyl (C=O) groups is 1. The Kier molecular flexibility index (Phi) is 1.38. The highest BCUT2D eigenvalue weighted by atomic mass is 16.2. The summed E-state index contributed by atoms with van der Waals surface area (Å²) >= 11 is 0. The fourth-order valence-electron chi connectivity index (χ4n) is 3.54. The van der Waals surface area contributed by atoms with Crippen molar-refractivity contribution < 1.29 is 4.79 Å². The van der Waals surface area contributed by atoms with Gasteiger partial charge in [0.2, 0.25) is 5.91 Å². The summed E-state index contributed by atoms with van der Waals surface area (Å²) in [7, 11) is 0. The van der Waals surface area contributed by atoms with E-state index >= 15 is 0 Å². The fourth-order valence-corrected chi connectivity index (χ4v) is 3.54. The summed E-state index contributed by atoms with van der Waals surface area (Å²) < 4.78 is 0. The maximum atomic E-state index is 11.4. The minimum absolute atomic E-state index is 0.308. The van der Waals surface area contributed by atoms with Crippen LogP contribution in [-0.2, 0) is 4.79 Å². The number of fused-ring (bicyclic) bond motifs is 2. The van der Waals surface area contributed by atoms with E-state index in [-0.39, 0.29) is 0 Å². The Morgan fingerprint density at radius 3 is 2.15 bits per heavy atom. The van der Waals surface area contributed by atoms with Gasteiger partial charge in [-0.15, -0.1) is 0 Å². The maximum absolute atomic E-state index is 11.4. The molecule has 0 aromatic carbocycles. The first kappa shape index (κ1) is 7.84. The van der Waals surface area contributed by atoms with Crippen molar-refractivity contribution in [1.82, 2.24) is 4.90 Å². The van der Waals surface area contributed by atoms with E-state index in [1.807, 2.05) is 0 Å². The molecule has 3 rings (SSSR count). The zero-order valence-corrected chi connectivity index (χ0v) is 8.25. The second kappa shape index (κ2) is 2.28. The van der Waals surface area contributed by atoms with Gasteiger partial charge in [-0.3, -0.25) is 4.79 Å². The van der Waals surface area contributed by atoms with Gasteiger partial charge >= 0.3 is 0 Å². The Hall–Kier alpha value is -0.530. The quantitative estimate of drug-likeness (QED) is 0.556. The molecule has 2 heterocycles. The minimum atomic E-state index is 0.308. The van der Waals surface area contributed by atoms with E-state index in [1.54, 1.807) is 6.92 Å². The largest absolute Gasteiger partial charge is 0.337 e. The molecule has 2 nitrogen and oxygen atoms in total. The third kappa shape index (κ3) is 1.04. The molecule has 1 aliphatic carbocycles. The highest BCUT2D eigenvalue weighted by Crippen LogP contribution is 2.59. The molecule has 2 heteroatoms. The molecule has 3 aliphatic rings. The van der Waals surface area contributed by atoms with Crippen LogP contribution in [-0.4, -0.2) is 22.9 Å². The molecule has 0 radical (unpaired) electrons. The topological polar surface area (TPSA) is 20.3 Å². The van der Waals surface area contributed by atoms with Crippen LogP contribution in [0.25, 0.3) is 0 Å². The van der Waals surface area contributed by atoms with Crippen molar-refractivity contribution in [3.05, 3.63) is 0 Å². The van der Waals surface area contributed by atoms with Crippen molar-refractivity contribution in [2.24, 2.45) is 5.41 Å². The lowest BCUT2D eigenvalue weighted by atomic mass is 9.88. The smallest absolute Gasteiger partial charge is 0.219 e. The summed E-state index contributed by atoms with van der Waals surface area (Å²) in [5.74, 6) is 0.308. The summed E-state index contributed by atoms with van der Waals surface area (Å²) in [4.78, 5) is 13.6. The van der Waals surface area contributed by atoms with Gasteiger partial charge in [0.25, 0.3) is 0 Å². The molecular weight excluding hydrogens is 162 g/mol. The molecule has 1 saturated carbocycles. The fraction of sp³-hybridized carbons (Fsp3) is 0.909. The molecule has 2 aliphatic heterocycles. The molecule has 1 amide bonds. The van der Waals surface area contributed by atoms with E-state index in [0.717, 1.165) is 0 Å². The van der Waals surface area contributed by atoms with Gasteiger partial charge in [-0.1, -0.05) is 0 Å². The summed E-state index contributed by atoms with van der Waals surface area (Å²) in [6, 6.07) is 1.22. The Balaban J connectivity index is 1.85. The van der Waals surface area contributed by atoms with Gasteiger partial charge in [0, 0.05) is 19.0 Å². The van der Waals surface area contributed by atoms with E-state index in [9.17, 15) is 4.79 Å². The number of piperidine rings is 1. The summed E-state index contributed by atoms with van der Waals surface area (Å²) in [5, 5.41) is 0. The SMILES string of the molecule is CC(=O)N1C2CCC1CC1(CC1)C2. The van der Waals surface area contributed by atoms with Gasteiger partial charge in [0.1, 0.15) is 0 Å². The van der Waals surface area contributed by atoms with Crippen LogP contribution in [0, 0.1) is 5.41 Å². The Bertz CT molecular complexity index is 241. The van der Waals surface area contributed by atoms with E-state index in [4.69, 9.17) is 0 Å². The average Bonchev–Trinajstić information content (AvgIpc) is 2.73. The van der Waals surface area contributed by atoms with E-state index in [1.165, 1.54) is 38.5 Å². The highest BCUT2D eigenvalue weighted by molar-refractivity contribution is 5.74. The van der Waals surface area contributed by atoms with Crippen LogP contribution >= 0.6 is 0 Å². The minimum Gasteiger partial charge on any atom is -0.337 e. The monoisotopic (exact) mass is 179 g/mol. The van der Waals surface area contributed by atoms with Crippen molar-refractivity contribution in [2.75, 3.05) is 0 Å². The van der Waals surface area contributed by atoms with Crippen LogP contribution in [0.1, 0.15) is 45.4 Å². The highest BCUT2D eigenvalue weighted by Gasteiger charge is 2.54. The van der Waals surface area contributed by atoms with Crippen molar-refractivity contribution in [1.29, 1.82) is 0 Å². The second-order valence-electron chi connectivity index (χ2n) is 5.22. The van der Waals surface area contributed by atoms with Crippen molar-refractivity contribution in [2.45, 2.75) is 57.5 Å². The molecule has 1 spiro atoms. The van der Waals surface area contributed by atoms with E-state index < -0.39 is 0 Å². The van der Waals surface area contributed by atoms with Gasteiger partial charge < -0.3 is 4.90 Å². The van der Waals surface area contributed by atoms with Crippen LogP contribution < -0.4 is 0 Å². The van der Waals surface area contributed by atoms with Gasteiger partial charge in [-0.05, 0) is 43.9 Å². The Morgan fingerprint density at radius 2 is 1.77 bits per heavy atom. The molecule has 13 heavy (non-hydrogen) atoms. The molecule has 0 N–H and O–H groups in total. The van der Waals surface area contributed by atoms with Gasteiger partial charge in [-0.25, -0.2) is 0 Å². The standard InChI is InChI=1S/C11H17NO/c1-8(13)12-9-2-3-10(12)7-11(6-9)4-5-11/h9-10H,2-7H2,1H3. The molecule has 2 unspecified atom stereocenters. The van der Waals surface area contributed by atoms with Crippen LogP contribution in [0.4, 0.5) is 0 Å². The Morgan fingerprint density at radius 1 is 1.23 bits per heavy atom. The van der Waals surface area contributed by atoms with Crippen molar-refractivity contribution in [3.63, 3.8) is 0 Å². The molecule has 2 atom stereocenters. The average molecular weight is 179 g/mol. The Labute approximate surface area is 79.3 Å². The number of rotatable bonds is 0. The first-order valence-electron chi connectivity index (χ1n) is 5.49. The normalized spacial score (nSPS) is 39.6. The van der Waals surface area contributed by atoms with E-state index in [0.29, 0.717) is 23.4 Å². The third-order valence-electron chi connectivity index (χ3n) is 4.28. The second-order valence-corrected chi connectivity index (χ2v) is 5.22. The number of carbonyl (C=O) groups excluding carboxylic acids is 1. The predicted octanol–water partition coefficient (Wildman–Crippen LogP) is 1.94. The van der Waals surface area contributed by atoms with Crippen molar-refractivity contribution in [3.8, 4) is 0 Å². The molecule has 0 aromatic heterocycles. The first-order chi connectivity index (χ1) is 6.20. The zero-order chi connectivity index (χ0) is 9.05. The van der Waals surface area contributed by atoms with Crippen LogP contribution in [0.2, 0.25) is 0 Å². The summed E-state index contributed by atoms with van der Waals surface area (Å²) in [6.07, 6.45) is 8.03.